The fourth-order valence-electron chi connectivity index (χ4n) is 1.59. The highest BCUT2D eigenvalue weighted by Gasteiger charge is 2.04. The van der Waals surface area contributed by atoms with Crippen molar-refractivity contribution in [1.82, 2.24) is 15.5 Å². The van der Waals surface area contributed by atoms with Gasteiger partial charge in [0.1, 0.15) is 0 Å². The first kappa shape index (κ1) is 14.2. The molecule has 0 aliphatic carbocycles. The Morgan fingerprint density at radius 1 is 1.24 bits per heavy atom. The van der Waals surface area contributed by atoms with Crippen molar-refractivity contribution in [2.24, 2.45) is 0 Å². The third-order valence-corrected chi connectivity index (χ3v) is 2.66. The van der Waals surface area contributed by atoms with Crippen LogP contribution in [0.25, 0.3) is 0 Å². The molecule has 0 amide bonds. The van der Waals surface area contributed by atoms with Gasteiger partial charge in [-0.3, -0.25) is 5.10 Å². The Hall–Kier alpha value is -0.910. The SMILES string of the molecule is COCCOCCCNCc1c(C)n[nH]c1C. The summed E-state index contributed by atoms with van der Waals surface area (Å²) in [5, 5.41) is 10.5. The summed E-state index contributed by atoms with van der Waals surface area (Å²) in [7, 11) is 1.68. The second-order valence-corrected chi connectivity index (χ2v) is 4.05. The highest BCUT2D eigenvalue weighted by atomic mass is 16.5. The fourth-order valence-corrected chi connectivity index (χ4v) is 1.59. The van der Waals surface area contributed by atoms with Crippen LogP contribution in [0.15, 0.2) is 0 Å². The number of H-pyrrole nitrogens is 1. The molecule has 0 aliphatic heterocycles. The maximum absolute atomic E-state index is 5.38. The van der Waals surface area contributed by atoms with Crippen LogP contribution in [0.1, 0.15) is 23.4 Å². The van der Waals surface area contributed by atoms with Crippen LogP contribution in [-0.4, -0.2) is 43.7 Å². The fraction of sp³-hybridized carbons (Fsp3) is 0.750. The van der Waals surface area contributed by atoms with E-state index in [0.717, 1.165) is 37.5 Å². The third kappa shape index (κ3) is 5.30. The molecule has 0 atom stereocenters. The zero-order chi connectivity index (χ0) is 12.5. The van der Waals surface area contributed by atoms with E-state index in [1.54, 1.807) is 7.11 Å². The number of aryl methyl sites for hydroxylation is 2. The molecule has 1 heterocycles. The Morgan fingerprint density at radius 3 is 2.71 bits per heavy atom. The monoisotopic (exact) mass is 241 g/mol. The average Bonchev–Trinajstić information content (AvgIpc) is 2.63. The van der Waals surface area contributed by atoms with Gasteiger partial charge in [-0.05, 0) is 26.8 Å². The number of hydrogen-bond acceptors (Lipinski definition) is 4. The first-order valence-electron chi connectivity index (χ1n) is 6.03. The molecule has 0 saturated carbocycles. The van der Waals surface area contributed by atoms with Gasteiger partial charge in [-0.1, -0.05) is 0 Å². The first-order chi connectivity index (χ1) is 8.25. The number of ether oxygens (including phenoxy) is 2. The normalized spacial score (nSPS) is 11.0. The molecule has 0 spiro atoms. The summed E-state index contributed by atoms with van der Waals surface area (Å²) in [5.74, 6) is 0. The van der Waals surface area contributed by atoms with Crippen molar-refractivity contribution in [3.05, 3.63) is 17.0 Å². The zero-order valence-electron chi connectivity index (χ0n) is 11.0. The van der Waals surface area contributed by atoms with Crippen molar-refractivity contribution in [3.63, 3.8) is 0 Å². The summed E-state index contributed by atoms with van der Waals surface area (Å²) in [6.45, 7) is 8.01. The number of nitrogens with one attached hydrogen (secondary N) is 2. The van der Waals surface area contributed by atoms with Crippen molar-refractivity contribution in [2.75, 3.05) is 33.5 Å². The van der Waals surface area contributed by atoms with E-state index in [1.165, 1.54) is 5.56 Å². The van der Waals surface area contributed by atoms with Crippen LogP contribution in [0.4, 0.5) is 0 Å². The molecule has 0 aliphatic rings. The van der Waals surface area contributed by atoms with Gasteiger partial charge in [-0.25, -0.2) is 0 Å². The zero-order valence-corrected chi connectivity index (χ0v) is 11.0. The van der Waals surface area contributed by atoms with Gasteiger partial charge in [0.2, 0.25) is 0 Å². The average molecular weight is 241 g/mol. The van der Waals surface area contributed by atoms with E-state index in [9.17, 15) is 0 Å². The van der Waals surface area contributed by atoms with Crippen LogP contribution in [0, 0.1) is 13.8 Å². The lowest BCUT2D eigenvalue weighted by atomic mass is 10.2. The number of rotatable bonds is 9. The Balaban J connectivity index is 2.01. The number of nitrogens with zero attached hydrogens (tertiary/aromatic N) is 1. The quantitative estimate of drug-likeness (QED) is 0.637. The lowest BCUT2D eigenvalue weighted by molar-refractivity contribution is 0.0695. The summed E-state index contributed by atoms with van der Waals surface area (Å²) in [6, 6.07) is 0. The molecule has 17 heavy (non-hydrogen) atoms. The van der Waals surface area contributed by atoms with E-state index >= 15 is 0 Å². The molecule has 0 saturated heterocycles. The van der Waals surface area contributed by atoms with Crippen LogP contribution in [-0.2, 0) is 16.0 Å². The lowest BCUT2D eigenvalue weighted by Crippen LogP contribution is -2.17. The third-order valence-electron chi connectivity index (χ3n) is 2.66. The van der Waals surface area contributed by atoms with Gasteiger partial charge in [0.25, 0.3) is 0 Å². The van der Waals surface area contributed by atoms with Gasteiger partial charge in [-0.15, -0.1) is 0 Å². The largest absolute Gasteiger partial charge is 0.382 e. The molecule has 1 rings (SSSR count). The van der Waals surface area contributed by atoms with E-state index in [-0.39, 0.29) is 0 Å². The van der Waals surface area contributed by atoms with Crippen LogP contribution < -0.4 is 5.32 Å². The molecule has 1 aromatic rings. The minimum atomic E-state index is 0.667. The first-order valence-corrected chi connectivity index (χ1v) is 6.03. The molecule has 0 radical (unpaired) electrons. The summed E-state index contributed by atoms with van der Waals surface area (Å²) < 4.78 is 10.3. The van der Waals surface area contributed by atoms with Crippen molar-refractivity contribution in [3.8, 4) is 0 Å². The Morgan fingerprint density at radius 2 is 2.06 bits per heavy atom. The molecule has 0 bridgehead atoms. The Bertz CT molecular complexity index is 293. The summed E-state index contributed by atoms with van der Waals surface area (Å²) in [4.78, 5) is 0. The summed E-state index contributed by atoms with van der Waals surface area (Å²) in [6.07, 6.45) is 1.01. The maximum atomic E-state index is 5.38. The van der Waals surface area contributed by atoms with Crippen molar-refractivity contribution in [1.29, 1.82) is 0 Å². The molecule has 1 aromatic heterocycles. The van der Waals surface area contributed by atoms with Gasteiger partial charge in [0, 0.05) is 31.5 Å². The standard InChI is InChI=1S/C12H23N3O2/c1-10-12(11(2)15-14-10)9-13-5-4-6-17-8-7-16-3/h13H,4-9H2,1-3H3,(H,14,15). The Kier molecular flexibility index (Phi) is 6.84. The molecular weight excluding hydrogens is 218 g/mol. The van der Waals surface area contributed by atoms with E-state index < -0.39 is 0 Å². The van der Waals surface area contributed by atoms with Gasteiger partial charge >= 0.3 is 0 Å². The highest BCUT2D eigenvalue weighted by molar-refractivity contribution is 5.22. The molecule has 98 valence electrons. The number of aromatic nitrogens is 2. The molecule has 0 fully saturated rings. The molecule has 0 aromatic carbocycles. The molecule has 5 heteroatoms. The topological polar surface area (TPSA) is 59.2 Å². The predicted molar refractivity (Wildman–Crippen MR) is 67.1 cm³/mol. The molecule has 2 N–H and O–H groups in total. The minimum absolute atomic E-state index is 0.667. The number of hydrogen-bond donors (Lipinski definition) is 2. The van der Waals surface area contributed by atoms with E-state index in [4.69, 9.17) is 9.47 Å². The summed E-state index contributed by atoms with van der Waals surface area (Å²) in [5.41, 5.74) is 3.49. The highest BCUT2D eigenvalue weighted by Crippen LogP contribution is 2.07. The van der Waals surface area contributed by atoms with E-state index in [2.05, 4.69) is 15.5 Å². The van der Waals surface area contributed by atoms with E-state index in [0.29, 0.717) is 13.2 Å². The van der Waals surface area contributed by atoms with E-state index in [1.807, 2.05) is 13.8 Å². The van der Waals surface area contributed by atoms with Gasteiger partial charge in [-0.2, -0.15) is 5.10 Å². The van der Waals surface area contributed by atoms with Crippen molar-refractivity contribution < 1.29 is 9.47 Å². The second-order valence-electron chi connectivity index (χ2n) is 4.05. The maximum Gasteiger partial charge on any atom is 0.0700 e. The molecule has 5 nitrogen and oxygen atoms in total. The van der Waals surface area contributed by atoms with Crippen molar-refractivity contribution in [2.45, 2.75) is 26.8 Å². The van der Waals surface area contributed by atoms with Crippen LogP contribution in [0.2, 0.25) is 0 Å². The van der Waals surface area contributed by atoms with Gasteiger partial charge in [0.15, 0.2) is 0 Å². The van der Waals surface area contributed by atoms with Crippen molar-refractivity contribution >= 4 is 0 Å². The summed E-state index contributed by atoms with van der Waals surface area (Å²) >= 11 is 0. The van der Waals surface area contributed by atoms with Gasteiger partial charge in [0.05, 0.1) is 18.9 Å². The molecule has 0 unspecified atom stereocenters. The smallest absolute Gasteiger partial charge is 0.0700 e. The Labute approximate surface area is 103 Å². The van der Waals surface area contributed by atoms with Crippen LogP contribution in [0.5, 0.6) is 0 Å². The lowest BCUT2D eigenvalue weighted by Gasteiger charge is -2.06. The predicted octanol–water partition coefficient (Wildman–Crippen LogP) is 1.17. The second kappa shape index (κ2) is 8.22. The van der Waals surface area contributed by atoms with Crippen LogP contribution in [0.3, 0.4) is 0 Å². The minimum Gasteiger partial charge on any atom is -0.382 e. The van der Waals surface area contributed by atoms with Crippen LogP contribution >= 0.6 is 0 Å². The van der Waals surface area contributed by atoms with Gasteiger partial charge < -0.3 is 14.8 Å². The molecular formula is C12H23N3O2. The number of methoxy groups -OCH3 is 1. The number of aromatic amines is 1.